The Balaban J connectivity index is 0.00000380. The summed E-state index contributed by atoms with van der Waals surface area (Å²) in [6, 6.07) is 19.5. The molecule has 0 amide bonds. The van der Waals surface area contributed by atoms with Crippen LogP contribution in [0.2, 0.25) is 0 Å². The molecule has 0 saturated carbocycles. The van der Waals surface area contributed by atoms with Gasteiger partial charge in [0.1, 0.15) is 18.1 Å². The largest absolute Gasteiger partial charge is 1.00 e. The standard InChI is InChI=1S/C28H30N2O6.Na/c1-18-15-24(34-14-13-19(2)31)11-12-25(18)26-6-4-5-22(20(26)3)17-35-23-9-7-21(8-10-23)16-30-27(32)29-28(33)36-30;/h4-12,15,19,31H,13-14,16-17H2,1-3H3,(H,29,32,33);/q;+1/p-1/t19-;/m1./s1. The number of benzene rings is 3. The third-order valence-electron chi connectivity index (χ3n) is 5.97. The molecule has 0 bridgehead atoms. The van der Waals surface area contributed by atoms with Gasteiger partial charge in [-0.15, -0.1) is 0 Å². The summed E-state index contributed by atoms with van der Waals surface area (Å²) in [5.74, 6) is 0.580. The Labute approximate surface area is 237 Å². The van der Waals surface area contributed by atoms with Crippen LogP contribution < -0.4 is 55.5 Å². The molecular weight excluding hydrogens is 483 g/mol. The van der Waals surface area contributed by atoms with E-state index in [-0.39, 0.29) is 42.2 Å². The first kappa shape index (κ1) is 28.5. The molecule has 37 heavy (non-hydrogen) atoms. The van der Waals surface area contributed by atoms with Crippen LogP contribution in [0.3, 0.4) is 0 Å². The molecule has 0 aliphatic heterocycles. The Morgan fingerprint density at radius 3 is 2.35 bits per heavy atom. The number of aliphatic hydroxyl groups excluding tert-OH is 1. The fraction of sp³-hybridized carbons (Fsp3) is 0.286. The van der Waals surface area contributed by atoms with Crippen LogP contribution in [-0.2, 0) is 13.2 Å². The molecule has 0 unspecified atom stereocenters. The molecule has 3 aromatic carbocycles. The maximum Gasteiger partial charge on any atom is 1.00 e. The zero-order chi connectivity index (χ0) is 25.7. The van der Waals surface area contributed by atoms with E-state index in [0.717, 1.165) is 43.9 Å². The first-order valence-corrected chi connectivity index (χ1v) is 11.8. The van der Waals surface area contributed by atoms with E-state index in [1.165, 1.54) is 0 Å². The van der Waals surface area contributed by atoms with Crippen molar-refractivity contribution in [2.45, 2.75) is 46.4 Å². The van der Waals surface area contributed by atoms with Crippen LogP contribution in [-0.4, -0.2) is 22.6 Å². The molecular formula is C28H29N2NaO6. The number of aliphatic hydroxyl groups is 1. The molecule has 0 fully saturated rings. The van der Waals surface area contributed by atoms with E-state index in [1.807, 2.05) is 48.5 Å². The molecule has 188 valence electrons. The second-order valence-corrected chi connectivity index (χ2v) is 8.77. The fourth-order valence-corrected chi connectivity index (χ4v) is 3.91. The topological polar surface area (TPSA) is 105 Å². The van der Waals surface area contributed by atoms with Crippen molar-refractivity contribution in [1.29, 1.82) is 0 Å². The van der Waals surface area contributed by atoms with Crippen molar-refractivity contribution in [2.75, 3.05) is 6.61 Å². The third kappa shape index (κ3) is 7.49. The van der Waals surface area contributed by atoms with Gasteiger partial charge in [-0.3, -0.25) is 9.53 Å². The maximum absolute atomic E-state index is 11.6. The maximum atomic E-state index is 11.6. The van der Waals surface area contributed by atoms with Crippen LogP contribution in [0.4, 0.5) is 0 Å². The van der Waals surface area contributed by atoms with E-state index in [1.54, 1.807) is 6.92 Å². The molecule has 4 rings (SSSR count). The summed E-state index contributed by atoms with van der Waals surface area (Å²) in [6.45, 7) is 6.90. The van der Waals surface area contributed by atoms with E-state index in [2.05, 4.69) is 31.0 Å². The molecule has 1 atom stereocenters. The minimum absolute atomic E-state index is 0. The fourth-order valence-electron chi connectivity index (χ4n) is 3.91. The second-order valence-electron chi connectivity index (χ2n) is 8.77. The van der Waals surface area contributed by atoms with E-state index < -0.39 is 11.4 Å². The molecule has 0 saturated heterocycles. The average Bonchev–Trinajstić information content (AvgIpc) is 3.16. The smallest absolute Gasteiger partial charge is 0.493 e. The van der Waals surface area contributed by atoms with E-state index in [4.69, 9.17) is 14.0 Å². The van der Waals surface area contributed by atoms with Gasteiger partial charge in [0.25, 0.3) is 0 Å². The number of hydrogen-bond acceptors (Lipinski definition) is 6. The van der Waals surface area contributed by atoms with Gasteiger partial charge in [-0.25, -0.2) is 4.79 Å². The molecule has 0 radical (unpaired) electrons. The van der Waals surface area contributed by atoms with Gasteiger partial charge in [0.15, 0.2) is 5.69 Å². The van der Waals surface area contributed by atoms with Crippen molar-refractivity contribution in [3.63, 3.8) is 0 Å². The average molecular weight is 513 g/mol. The SMILES string of the molecule is Cc1cc(OCC[C@@H](C)O)ccc1-c1cccc(COc2ccc(Cn3oc(=O)[n-]c3=O)cc2)c1C.[Na+]. The van der Waals surface area contributed by atoms with Gasteiger partial charge in [-0.2, -0.15) is 0 Å². The van der Waals surface area contributed by atoms with Crippen molar-refractivity contribution < 1.29 is 48.7 Å². The molecule has 1 aromatic heterocycles. The summed E-state index contributed by atoms with van der Waals surface area (Å²) in [7, 11) is 0. The van der Waals surface area contributed by atoms with E-state index >= 15 is 0 Å². The van der Waals surface area contributed by atoms with Crippen LogP contribution in [0.1, 0.15) is 35.6 Å². The van der Waals surface area contributed by atoms with Crippen molar-refractivity contribution in [3.05, 3.63) is 104 Å². The number of rotatable bonds is 10. The van der Waals surface area contributed by atoms with Crippen molar-refractivity contribution >= 4 is 0 Å². The van der Waals surface area contributed by atoms with Crippen LogP contribution in [0.15, 0.2) is 74.8 Å². The van der Waals surface area contributed by atoms with Gasteiger partial charge in [0, 0.05) is 13.0 Å². The Hall–Kier alpha value is -3.04. The predicted molar refractivity (Wildman–Crippen MR) is 136 cm³/mol. The van der Waals surface area contributed by atoms with E-state index in [9.17, 15) is 14.7 Å². The van der Waals surface area contributed by atoms with Gasteiger partial charge in [0.05, 0.1) is 12.7 Å². The number of hydrogen-bond donors (Lipinski definition) is 1. The molecule has 8 nitrogen and oxygen atoms in total. The van der Waals surface area contributed by atoms with Gasteiger partial charge in [-0.1, -0.05) is 36.4 Å². The summed E-state index contributed by atoms with van der Waals surface area (Å²) in [6.07, 6.45) is 0.212. The summed E-state index contributed by atoms with van der Waals surface area (Å²) in [5, 5.41) is 9.41. The van der Waals surface area contributed by atoms with Crippen LogP contribution in [0.5, 0.6) is 11.5 Å². The summed E-state index contributed by atoms with van der Waals surface area (Å²) < 4.78 is 17.4. The second kappa shape index (κ2) is 13.0. The van der Waals surface area contributed by atoms with Crippen molar-refractivity contribution in [3.8, 4) is 22.6 Å². The van der Waals surface area contributed by atoms with Crippen LogP contribution >= 0.6 is 0 Å². The minimum atomic E-state index is -0.898. The zero-order valence-electron chi connectivity index (χ0n) is 21.6. The van der Waals surface area contributed by atoms with Crippen LogP contribution in [0, 0.1) is 13.8 Å². The number of aromatic nitrogens is 2. The minimum Gasteiger partial charge on any atom is -0.493 e. The number of aryl methyl sites for hydroxylation is 1. The van der Waals surface area contributed by atoms with Gasteiger partial charge in [0.2, 0.25) is 0 Å². The van der Waals surface area contributed by atoms with Gasteiger partial charge in [-0.05, 0) is 78.4 Å². The normalized spacial score (nSPS) is 11.6. The third-order valence-corrected chi connectivity index (χ3v) is 5.97. The first-order chi connectivity index (χ1) is 17.3. The zero-order valence-corrected chi connectivity index (χ0v) is 23.6. The monoisotopic (exact) mass is 512 g/mol. The number of ether oxygens (including phenoxy) is 2. The molecule has 1 heterocycles. The Kier molecular flexibility index (Phi) is 10.00. The van der Waals surface area contributed by atoms with Gasteiger partial charge >= 0.3 is 35.3 Å². The van der Waals surface area contributed by atoms with Crippen molar-refractivity contribution in [1.82, 2.24) is 9.72 Å². The molecule has 1 N–H and O–H groups in total. The predicted octanol–water partition coefficient (Wildman–Crippen LogP) is 0.824. The van der Waals surface area contributed by atoms with Gasteiger partial charge < -0.3 is 24.1 Å². The van der Waals surface area contributed by atoms with Crippen molar-refractivity contribution in [2.24, 2.45) is 0 Å². The Morgan fingerprint density at radius 1 is 0.973 bits per heavy atom. The summed E-state index contributed by atoms with van der Waals surface area (Å²) in [4.78, 5) is 25.8. The number of nitrogens with zero attached hydrogens (tertiary/aromatic N) is 2. The van der Waals surface area contributed by atoms with E-state index in [0.29, 0.717) is 25.4 Å². The molecule has 0 aliphatic rings. The molecule has 4 aromatic rings. The summed E-state index contributed by atoms with van der Waals surface area (Å²) >= 11 is 0. The Bertz CT molecular complexity index is 1440. The first-order valence-electron chi connectivity index (χ1n) is 11.8. The molecule has 9 heteroatoms. The quantitative estimate of drug-likeness (QED) is 0.314. The van der Waals surface area contributed by atoms with Crippen LogP contribution in [0.25, 0.3) is 11.1 Å². The Morgan fingerprint density at radius 2 is 1.70 bits per heavy atom. The summed E-state index contributed by atoms with van der Waals surface area (Å²) in [5.41, 5.74) is 5.66. The molecule has 0 aliphatic carbocycles. The molecule has 0 spiro atoms.